The Morgan fingerprint density at radius 1 is 1.40 bits per heavy atom. The first-order chi connectivity index (χ1) is 4.66. The van der Waals surface area contributed by atoms with Gasteiger partial charge >= 0.3 is 0 Å². The van der Waals surface area contributed by atoms with Crippen molar-refractivity contribution in [2.45, 2.75) is 33.6 Å². The van der Waals surface area contributed by atoms with Gasteiger partial charge in [-0.1, -0.05) is 23.3 Å². The van der Waals surface area contributed by atoms with E-state index in [1.165, 1.54) is 17.6 Å². The first kappa shape index (κ1) is 9.48. The van der Waals surface area contributed by atoms with Crippen molar-refractivity contribution in [1.29, 1.82) is 0 Å². The molecule has 0 rings (SSSR count). The fraction of sp³-hybridized carbons (Fsp3) is 0.500. The summed E-state index contributed by atoms with van der Waals surface area (Å²) in [5.41, 5.74) is 2.63. The Morgan fingerprint density at radius 3 is 2.40 bits per heavy atom. The molecular formula is C10H17. The van der Waals surface area contributed by atoms with Gasteiger partial charge in [-0.2, -0.15) is 0 Å². The number of hydrogen-bond acceptors (Lipinski definition) is 0. The van der Waals surface area contributed by atoms with E-state index in [9.17, 15) is 0 Å². The number of allylic oxidation sites excluding steroid dienone is 4. The lowest BCUT2D eigenvalue weighted by atomic mass is 10.1. The van der Waals surface area contributed by atoms with E-state index >= 15 is 0 Å². The third kappa shape index (κ3) is 5.61. The van der Waals surface area contributed by atoms with Gasteiger partial charge in [0.1, 0.15) is 0 Å². The largest absolute Gasteiger partial charge is 0.0887 e. The third-order valence-electron chi connectivity index (χ3n) is 1.52. The summed E-state index contributed by atoms with van der Waals surface area (Å²) in [7, 11) is 0. The molecule has 0 aromatic rings. The van der Waals surface area contributed by atoms with Crippen LogP contribution in [-0.2, 0) is 0 Å². The Labute approximate surface area is 64.6 Å². The van der Waals surface area contributed by atoms with E-state index in [0.717, 1.165) is 6.42 Å². The molecule has 0 amide bonds. The van der Waals surface area contributed by atoms with Gasteiger partial charge in [0.05, 0.1) is 0 Å². The van der Waals surface area contributed by atoms with Crippen molar-refractivity contribution in [2.24, 2.45) is 0 Å². The molecule has 0 heterocycles. The van der Waals surface area contributed by atoms with Crippen molar-refractivity contribution in [3.05, 3.63) is 30.2 Å². The molecule has 1 radical (unpaired) electrons. The maximum Gasteiger partial charge on any atom is -0.0286 e. The summed E-state index contributed by atoms with van der Waals surface area (Å²) in [4.78, 5) is 0. The Kier molecular flexibility index (Phi) is 5.00. The predicted molar refractivity (Wildman–Crippen MR) is 47.8 cm³/mol. The highest BCUT2D eigenvalue weighted by Gasteiger charge is 1.84. The average Bonchev–Trinajstić information content (AvgIpc) is 1.87. The minimum atomic E-state index is 1.13. The first-order valence-electron chi connectivity index (χ1n) is 3.77. The molecular weight excluding hydrogens is 120 g/mol. The molecule has 0 nitrogen and oxygen atoms in total. The SMILES string of the molecule is [CH2]C(C)=CCC/C(C)=C/C. The van der Waals surface area contributed by atoms with Crippen LogP contribution in [0.5, 0.6) is 0 Å². The van der Waals surface area contributed by atoms with E-state index in [1.54, 1.807) is 0 Å². The fourth-order valence-electron chi connectivity index (χ4n) is 0.691. The molecule has 0 aliphatic heterocycles. The smallest absolute Gasteiger partial charge is 0.0286 e. The molecule has 0 N–H and O–H groups in total. The van der Waals surface area contributed by atoms with Gasteiger partial charge in [-0.25, -0.2) is 0 Å². The van der Waals surface area contributed by atoms with E-state index in [2.05, 4.69) is 32.9 Å². The first-order valence-corrected chi connectivity index (χ1v) is 3.77. The van der Waals surface area contributed by atoms with Crippen LogP contribution in [0.4, 0.5) is 0 Å². The second-order valence-electron chi connectivity index (χ2n) is 2.72. The molecule has 0 aliphatic rings. The molecule has 0 bridgehead atoms. The molecule has 0 aromatic carbocycles. The Bertz CT molecular complexity index is 134. The van der Waals surface area contributed by atoms with Crippen molar-refractivity contribution in [3.63, 3.8) is 0 Å². The van der Waals surface area contributed by atoms with Crippen LogP contribution in [0.2, 0.25) is 0 Å². The van der Waals surface area contributed by atoms with Crippen molar-refractivity contribution < 1.29 is 0 Å². The van der Waals surface area contributed by atoms with Gasteiger partial charge in [0.15, 0.2) is 0 Å². The maximum absolute atomic E-state index is 3.80. The van der Waals surface area contributed by atoms with Crippen LogP contribution in [-0.4, -0.2) is 0 Å². The molecule has 0 spiro atoms. The van der Waals surface area contributed by atoms with Gasteiger partial charge in [-0.05, 0) is 40.5 Å². The lowest BCUT2D eigenvalue weighted by Gasteiger charge is -1.95. The second-order valence-corrected chi connectivity index (χ2v) is 2.72. The van der Waals surface area contributed by atoms with Gasteiger partial charge in [-0.3, -0.25) is 0 Å². The second kappa shape index (κ2) is 5.28. The minimum Gasteiger partial charge on any atom is -0.0887 e. The quantitative estimate of drug-likeness (QED) is 0.522. The molecule has 0 atom stereocenters. The van der Waals surface area contributed by atoms with Crippen molar-refractivity contribution in [2.75, 3.05) is 0 Å². The highest BCUT2D eigenvalue weighted by molar-refractivity contribution is 5.04. The van der Waals surface area contributed by atoms with E-state index < -0.39 is 0 Å². The van der Waals surface area contributed by atoms with Crippen LogP contribution in [0.3, 0.4) is 0 Å². The summed E-state index contributed by atoms with van der Waals surface area (Å²) in [5, 5.41) is 0. The van der Waals surface area contributed by atoms with Crippen LogP contribution in [0, 0.1) is 6.92 Å². The Balaban J connectivity index is 3.47. The summed E-state index contributed by atoms with van der Waals surface area (Å²) < 4.78 is 0. The van der Waals surface area contributed by atoms with Gasteiger partial charge in [-0.15, -0.1) is 0 Å². The summed E-state index contributed by atoms with van der Waals surface area (Å²) in [5.74, 6) is 0. The van der Waals surface area contributed by atoms with Crippen LogP contribution >= 0.6 is 0 Å². The van der Waals surface area contributed by atoms with Gasteiger partial charge in [0, 0.05) is 0 Å². The zero-order valence-electron chi connectivity index (χ0n) is 7.28. The molecule has 0 saturated carbocycles. The highest BCUT2D eigenvalue weighted by atomic mass is 13.9. The van der Waals surface area contributed by atoms with E-state index in [0.29, 0.717) is 0 Å². The topological polar surface area (TPSA) is 0 Å². The number of rotatable bonds is 3. The van der Waals surface area contributed by atoms with Crippen LogP contribution < -0.4 is 0 Å². The molecule has 0 fully saturated rings. The van der Waals surface area contributed by atoms with Gasteiger partial charge in [0.2, 0.25) is 0 Å². The summed E-state index contributed by atoms with van der Waals surface area (Å²) in [6.45, 7) is 10.1. The van der Waals surface area contributed by atoms with Gasteiger partial charge in [0.25, 0.3) is 0 Å². The Hall–Kier alpha value is -0.520. The summed E-state index contributed by atoms with van der Waals surface area (Å²) >= 11 is 0. The van der Waals surface area contributed by atoms with Crippen LogP contribution in [0.15, 0.2) is 23.3 Å². The van der Waals surface area contributed by atoms with Crippen molar-refractivity contribution in [3.8, 4) is 0 Å². The molecule has 0 aromatic heterocycles. The standard InChI is InChI=1S/C10H17/c1-5-10(4)8-6-7-9(2)3/h5,7H,2,6,8H2,1,3-4H3/b9-7?,10-5+. The molecule has 0 unspecified atom stereocenters. The predicted octanol–water partition coefficient (Wildman–Crippen LogP) is 3.51. The molecule has 0 aliphatic carbocycles. The van der Waals surface area contributed by atoms with Crippen molar-refractivity contribution in [1.82, 2.24) is 0 Å². The molecule has 10 heavy (non-hydrogen) atoms. The van der Waals surface area contributed by atoms with Crippen LogP contribution in [0.1, 0.15) is 33.6 Å². The Morgan fingerprint density at radius 2 is 2.00 bits per heavy atom. The minimum absolute atomic E-state index is 1.13. The van der Waals surface area contributed by atoms with Crippen LogP contribution in [0.25, 0.3) is 0 Å². The lowest BCUT2D eigenvalue weighted by Crippen LogP contribution is -1.74. The summed E-state index contributed by atoms with van der Waals surface area (Å²) in [6, 6.07) is 0. The van der Waals surface area contributed by atoms with E-state index in [1.807, 2.05) is 6.92 Å². The maximum atomic E-state index is 3.80. The third-order valence-corrected chi connectivity index (χ3v) is 1.52. The van der Waals surface area contributed by atoms with Gasteiger partial charge < -0.3 is 0 Å². The average molecular weight is 137 g/mol. The molecule has 57 valence electrons. The lowest BCUT2D eigenvalue weighted by molar-refractivity contribution is 0.967. The van der Waals surface area contributed by atoms with E-state index in [-0.39, 0.29) is 0 Å². The zero-order valence-corrected chi connectivity index (χ0v) is 7.28. The normalized spacial score (nSPS) is 14.0. The fourth-order valence-corrected chi connectivity index (χ4v) is 0.691. The monoisotopic (exact) mass is 137 g/mol. The summed E-state index contributed by atoms with van der Waals surface area (Å²) in [6.07, 6.45) is 6.63. The molecule has 0 heteroatoms. The number of hydrogen-bond donors (Lipinski definition) is 0. The highest BCUT2D eigenvalue weighted by Crippen LogP contribution is 2.05. The molecule has 0 saturated heterocycles. The zero-order chi connectivity index (χ0) is 7.98. The van der Waals surface area contributed by atoms with Crippen molar-refractivity contribution >= 4 is 0 Å². The van der Waals surface area contributed by atoms with E-state index in [4.69, 9.17) is 0 Å².